The molecular weight excluding hydrogens is 262 g/mol. The summed E-state index contributed by atoms with van der Waals surface area (Å²) >= 11 is 5.17. The lowest BCUT2D eigenvalue weighted by Crippen LogP contribution is -2.45. The number of carbonyl (C=O) groups is 1. The van der Waals surface area contributed by atoms with Crippen LogP contribution in [0.4, 0.5) is 0 Å². The zero-order valence-corrected chi connectivity index (χ0v) is 11.2. The van der Waals surface area contributed by atoms with Crippen molar-refractivity contribution in [1.82, 2.24) is 5.32 Å². The van der Waals surface area contributed by atoms with Gasteiger partial charge in [-0.15, -0.1) is 0 Å². The maximum absolute atomic E-state index is 11.5. The van der Waals surface area contributed by atoms with E-state index in [2.05, 4.69) is 27.5 Å². The second-order valence-corrected chi connectivity index (χ2v) is 6.24. The van der Waals surface area contributed by atoms with E-state index >= 15 is 0 Å². The molecule has 0 aromatic heterocycles. The molecule has 0 spiro atoms. The van der Waals surface area contributed by atoms with Crippen LogP contribution in [0.1, 0.15) is 32.6 Å². The normalized spacial score (nSPS) is 29.6. The Hall–Kier alpha value is 0.300. The summed E-state index contributed by atoms with van der Waals surface area (Å²) in [4.78, 5) is 11.4. The van der Waals surface area contributed by atoms with Gasteiger partial charge in [-0.3, -0.25) is 4.79 Å². The van der Waals surface area contributed by atoms with Gasteiger partial charge in [-0.25, -0.2) is 0 Å². The summed E-state index contributed by atoms with van der Waals surface area (Å²) in [7, 11) is 0. The standard InChI is InChI=1S/C10H18BrNOS/c1-7(11)10(13)12-8-5-3-4-6-9(8)14-2/h7-9H,3-6H2,1-2H3,(H,12,13). The maximum atomic E-state index is 11.5. The van der Waals surface area contributed by atoms with Crippen molar-refractivity contribution >= 4 is 33.6 Å². The molecule has 3 unspecified atom stereocenters. The number of carbonyl (C=O) groups excluding carboxylic acids is 1. The summed E-state index contributed by atoms with van der Waals surface area (Å²) in [6, 6.07) is 0.381. The van der Waals surface area contributed by atoms with E-state index < -0.39 is 0 Å². The summed E-state index contributed by atoms with van der Waals surface area (Å²) in [5.74, 6) is 0.121. The third kappa shape index (κ3) is 3.46. The van der Waals surface area contributed by atoms with E-state index in [4.69, 9.17) is 0 Å². The van der Waals surface area contributed by atoms with E-state index in [-0.39, 0.29) is 10.7 Å². The number of amides is 1. The predicted octanol–water partition coefficient (Wildman–Crippen LogP) is 2.56. The van der Waals surface area contributed by atoms with Crippen molar-refractivity contribution in [2.75, 3.05) is 6.26 Å². The number of rotatable bonds is 3. The molecule has 82 valence electrons. The molecule has 1 saturated carbocycles. The minimum Gasteiger partial charge on any atom is -0.351 e. The first-order chi connectivity index (χ1) is 6.65. The van der Waals surface area contributed by atoms with Gasteiger partial charge in [-0.1, -0.05) is 28.8 Å². The molecule has 0 aromatic rings. The molecule has 1 fully saturated rings. The van der Waals surface area contributed by atoms with Crippen molar-refractivity contribution < 1.29 is 4.79 Å². The van der Waals surface area contributed by atoms with Crippen molar-refractivity contribution in [3.8, 4) is 0 Å². The molecule has 0 radical (unpaired) electrons. The highest BCUT2D eigenvalue weighted by Gasteiger charge is 2.26. The molecular formula is C10H18BrNOS. The van der Waals surface area contributed by atoms with E-state index in [0.717, 1.165) is 6.42 Å². The number of halogens is 1. The summed E-state index contributed by atoms with van der Waals surface area (Å²) in [5, 5.41) is 3.72. The number of thioether (sulfide) groups is 1. The van der Waals surface area contributed by atoms with Gasteiger partial charge in [0, 0.05) is 11.3 Å². The molecule has 1 N–H and O–H groups in total. The molecule has 1 amide bonds. The van der Waals surface area contributed by atoms with E-state index in [9.17, 15) is 4.79 Å². The van der Waals surface area contributed by atoms with Gasteiger partial charge in [0.05, 0.1) is 4.83 Å². The Morgan fingerprint density at radius 3 is 2.71 bits per heavy atom. The van der Waals surface area contributed by atoms with Gasteiger partial charge in [0.2, 0.25) is 5.91 Å². The van der Waals surface area contributed by atoms with E-state index in [0.29, 0.717) is 11.3 Å². The first-order valence-electron chi connectivity index (χ1n) is 5.12. The van der Waals surface area contributed by atoms with Crippen LogP contribution in [0.3, 0.4) is 0 Å². The Kier molecular flexibility index (Phi) is 5.31. The maximum Gasteiger partial charge on any atom is 0.233 e. The third-order valence-corrected chi connectivity index (χ3v) is 4.28. The zero-order chi connectivity index (χ0) is 10.6. The lowest BCUT2D eigenvalue weighted by molar-refractivity contribution is -0.121. The van der Waals surface area contributed by atoms with Gasteiger partial charge < -0.3 is 5.32 Å². The fourth-order valence-corrected chi connectivity index (χ4v) is 2.91. The molecule has 1 aliphatic rings. The van der Waals surface area contributed by atoms with Crippen molar-refractivity contribution in [3.05, 3.63) is 0 Å². The van der Waals surface area contributed by atoms with Crippen LogP contribution in [0.15, 0.2) is 0 Å². The van der Waals surface area contributed by atoms with Crippen LogP contribution in [0.5, 0.6) is 0 Å². The number of hydrogen-bond donors (Lipinski definition) is 1. The second kappa shape index (κ2) is 6.01. The van der Waals surface area contributed by atoms with Crippen LogP contribution in [-0.4, -0.2) is 28.3 Å². The minimum atomic E-state index is -0.0769. The zero-order valence-electron chi connectivity index (χ0n) is 8.75. The summed E-state index contributed by atoms with van der Waals surface area (Å²) in [5.41, 5.74) is 0. The Labute approximate surface area is 98.7 Å². The highest BCUT2D eigenvalue weighted by atomic mass is 79.9. The first-order valence-corrected chi connectivity index (χ1v) is 7.32. The number of hydrogen-bond acceptors (Lipinski definition) is 2. The van der Waals surface area contributed by atoms with Gasteiger partial charge in [0.15, 0.2) is 0 Å². The average molecular weight is 280 g/mol. The molecule has 0 aromatic carbocycles. The van der Waals surface area contributed by atoms with Gasteiger partial charge in [0.1, 0.15) is 0 Å². The molecule has 1 aliphatic carbocycles. The molecule has 0 heterocycles. The lowest BCUT2D eigenvalue weighted by atomic mass is 9.95. The quantitative estimate of drug-likeness (QED) is 0.805. The second-order valence-electron chi connectivity index (χ2n) is 3.79. The van der Waals surface area contributed by atoms with Gasteiger partial charge in [-0.2, -0.15) is 11.8 Å². The largest absolute Gasteiger partial charge is 0.351 e. The van der Waals surface area contributed by atoms with Crippen molar-refractivity contribution in [1.29, 1.82) is 0 Å². The van der Waals surface area contributed by atoms with Crippen LogP contribution in [0.2, 0.25) is 0 Å². The molecule has 0 bridgehead atoms. The van der Waals surface area contributed by atoms with Crippen molar-refractivity contribution in [3.63, 3.8) is 0 Å². The summed E-state index contributed by atoms with van der Waals surface area (Å²) in [6.07, 6.45) is 7.06. The highest BCUT2D eigenvalue weighted by Crippen LogP contribution is 2.27. The fourth-order valence-electron chi connectivity index (χ4n) is 1.84. The van der Waals surface area contributed by atoms with Crippen LogP contribution < -0.4 is 5.32 Å². The topological polar surface area (TPSA) is 29.1 Å². The van der Waals surface area contributed by atoms with Gasteiger partial charge in [-0.05, 0) is 26.0 Å². The van der Waals surface area contributed by atoms with E-state index in [1.54, 1.807) is 0 Å². The summed E-state index contributed by atoms with van der Waals surface area (Å²) in [6.45, 7) is 1.87. The Balaban J connectivity index is 2.44. The lowest BCUT2D eigenvalue weighted by Gasteiger charge is -2.31. The predicted molar refractivity (Wildman–Crippen MR) is 66.1 cm³/mol. The molecule has 4 heteroatoms. The molecule has 0 saturated heterocycles. The van der Waals surface area contributed by atoms with Crippen molar-refractivity contribution in [2.24, 2.45) is 0 Å². The number of nitrogens with one attached hydrogen (secondary N) is 1. The average Bonchev–Trinajstić information content (AvgIpc) is 2.18. The number of alkyl halides is 1. The molecule has 2 nitrogen and oxygen atoms in total. The van der Waals surface area contributed by atoms with Gasteiger partial charge in [0.25, 0.3) is 0 Å². The van der Waals surface area contributed by atoms with Crippen LogP contribution in [0.25, 0.3) is 0 Å². The van der Waals surface area contributed by atoms with E-state index in [1.807, 2.05) is 18.7 Å². The molecule has 14 heavy (non-hydrogen) atoms. The molecule has 3 atom stereocenters. The van der Waals surface area contributed by atoms with E-state index in [1.165, 1.54) is 19.3 Å². The monoisotopic (exact) mass is 279 g/mol. The highest BCUT2D eigenvalue weighted by molar-refractivity contribution is 9.10. The van der Waals surface area contributed by atoms with Crippen molar-refractivity contribution in [2.45, 2.75) is 48.7 Å². The van der Waals surface area contributed by atoms with Crippen LogP contribution in [-0.2, 0) is 4.79 Å². The molecule has 0 aliphatic heterocycles. The van der Waals surface area contributed by atoms with Gasteiger partial charge >= 0.3 is 0 Å². The Morgan fingerprint density at radius 1 is 1.50 bits per heavy atom. The molecule has 1 rings (SSSR count). The SMILES string of the molecule is CSC1CCCCC1NC(=O)C(C)Br. The summed E-state index contributed by atoms with van der Waals surface area (Å²) < 4.78 is 0. The Morgan fingerprint density at radius 2 is 2.14 bits per heavy atom. The fraction of sp³-hybridized carbons (Fsp3) is 0.900. The first kappa shape index (κ1) is 12.4. The third-order valence-electron chi connectivity index (χ3n) is 2.69. The Bertz CT molecular complexity index is 199. The minimum absolute atomic E-state index is 0.0769. The van der Waals surface area contributed by atoms with Crippen LogP contribution >= 0.6 is 27.7 Å². The van der Waals surface area contributed by atoms with Crippen LogP contribution in [0, 0.1) is 0 Å². The smallest absolute Gasteiger partial charge is 0.233 e.